The van der Waals surface area contributed by atoms with Crippen LogP contribution in [0.4, 0.5) is 10.1 Å². The van der Waals surface area contributed by atoms with E-state index in [2.05, 4.69) is 10.3 Å². The molecule has 0 aliphatic carbocycles. The molecule has 1 aromatic heterocycles. The van der Waals surface area contributed by atoms with Crippen molar-refractivity contribution in [1.29, 1.82) is 0 Å². The minimum atomic E-state index is -1.38. The van der Waals surface area contributed by atoms with Gasteiger partial charge in [-0.2, -0.15) is 0 Å². The van der Waals surface area contributed by atoms with Crippen LogP contribution in [0.5, 0.6) is 0 Å². The molecule has 7 heteroatoms. The largest absolute Gasteiger partial charge is 0.543 e. The first kappa shape index (κ1) is 14.1. The number of rotatable bonds is 4. The smallest absolute Gasteiger partial charge is 0.234 e. The fourth-order valence-electron chi connectivity index (χ4n) is 1.48. The lowest BCUT2D eigenvalue weighted by atomic mass is 10.1. The topological polar surface area (TPSA) is 82.1 Å². The first-order valence-corrected chi connectivity index (χ1v) is 6.58. The molecule has 0 radical (unpaired) electrons. The van der Waals surface area contributed by atoms with Gasteiger partial charge in [0.25, 0.3) is 0 Å². The van der Waals surface area contributed by atoms with Crippen LogP contribution in [0.15, 0.2) is 29.6 Å². The molecule has 1 atom stereocenters. The average molecular weight is 293 g/mol. The number of aromatic carboxylic acids is 1. The molecule has 0 aliphatic rings. The Balaban J connectivity index is 2.07. The first-order valence-electron chi connectivity index (χ1n) is 5.70. The monoisotopic (exact) mass is 293 g/mol. The Labute approximate surface area is 118 Å². The van der Waals surface area contributed by atoms with Gasteiger partial charge in [0, 0.05) is 11.1 Å². The highest BCUT2D eigenvalue weighted by Gasteiger charge is 2.19. The number of hydrogen-bond acceptors (Lipinski definition) is 5. The molecule has 0 saturated heterocycles. The quantitative estimate of drug-likeness (QED) is 0.923. The standard InChI is InChI=1S/C13H11FN2O3S/c1-7(12-16-10(6-20-12)13(18)19)11(17)15-9-4-2-8(14)3-5-9/h2-7H,1H3,(H,15,17)(H,18,19)/p-1/t7-/m1/s1. The Morgan fingerprint density at radius 3 is 2.55 bits per heavy atom. The Kier molecular flexibility index (Phi) is 4.09. The van der Waals surface area contributed by atoms with E-state index in [1.807, 2.05) is 0 Å². The molecule has 0 spiro atoms. The number of benzene rings is 1. The van der Waals surface area contributed by atoms with Crippen molar-refractivity contribution in [2.24, 2.45) is 0 Å². The van der Waals surface area contributed by atoms with Crippen molar-refractivity contribution in [2.45, 2.75) is 12.8 Å². The minimum absolute atomic E-state index is 0.188. The second-order valence-electron chi connectivity index (χ2n) is 4.08. The number of halogens is 1. The predicted octanol–water partition coefficient (Wildman–Crippen LogP) is 1.39. The molecule has 1 amide bonds. The normalized spacial score (nSPS) is 11.9. The Morgan fingerprint density at radius 2 is 2.00 bits per heavy atom. The summed E-state index contributed by atoms with van der Waals surface area (Å²) in [7, 11) is 0. The van der Waals surface area contributed by atoms with Crippen LogP contribution in [0, 0.1) is 5.82 Å². The SMILES string of the molecule is C[C@H](C(=O)Nc1ccc(F)cc1)c1nc(C(=O)[O-])cs1. The van der Waals surface area contributed by atoms with Gasteiger partial charge in [0.05, 0.1) is 17.6 Å². The number of carboxylic acids is 1. The zero-order valence-electron chi connectivity index (χ0n) is 10.4. The number of carbonyl (C=O) groups excluding carboxylic acids is 2. The van der Waals surface area contributed by atoms with Crippen molar-refractivity contribution in [3.63, 3.8) is 0 Å². The first-order chi connectivity index (χ1) is 9.47. The summed E-state index contributed by atoms with van der Waals surface area (Å²) in [5.74, 6) is -2.73. The summed E-state index contributed by atoms with van der Waals surface area (Å²) in [6.07, 6.45) is 0. The molecular formula is C13H10FN2O3S-. The molecule has 0 unspecified atom stereocenters. The van der Waals surface area contributed by atoms with Gasteiger partial charge in [-0.25, -0.2) is 9.37 Å². The lowest BCUT2D eigenvalue weighted by Crippen LogP contribution is -2.23. The van der Waals surface area contributed by atoms with Gasteiger partial charge in [0.1, 0.15) is 10.8 Å². The molecule has 0 fully saturated rings. The third kappa shape index (κ3) is 3.18. The van der Waals surface area contributed by atoms with Crippen LogP contribution < -0.4 is 10.4 Å². The van der Waals surface area contributed by atoms with Crippen molar-refractivity contribution in [3.05, 3.63) is 46.2 Å². The molecule has 2 rings (SSSR count). The molecule has 1 N–H and O–H groups in total. The van der Waals surface area contributed by atoms with Gasteiger partial charge >= 0.3 is 0 Å². The fraction of sp³-hybridized carbons (Fsp3) is 0.154. The highest BCUT2D eigenvalue weighted by molar-refractivity contribution is 7.10. The van der Waals surface area contributed by atoms with E-state index >= 15 is 0 Å². The second-order valence-corrected chi connectivity index (χ2v) is 4.97. The van der Waals surface area contributed by atoms with Gasteiger partial charge in [-0.15, -0.1) is 11.3 Å². The van der Waals surface area contributed by atoms with Gasteiger partial charge < -0.3 is 15.2 Å². The number of nitrogens with one attached hydrogen (secondary N) is 1. The molecule has 104 valence electrons. The highest BCUT2D eigenvalue weighted by Crippen LogP contribution is 2.21. The summed E-state index contributed by atoms with van der Waals surface area (Å²) in [5.41, 5.74) is 0.270. The third-order valence-electron chi connectivity index (χ3n) is 2.61. The van der Waals surface area contributed by atoms with Gasteiger partial charge in [0.15, 0.2) is 0 Å². The Bertz CT molecular complexity index is 639. The number of anilines is 1. The Hall–Kier alpha value is -2.28. The van der Waals surface area contributed by atoms with Crippen LogP contribution in [0.3, 0.4) is 0 Å². The maximum Gasteiger partial charge on any atom is 0.234 e. The maximum atomic E-state index is 12.7. The van der Waals surface area contributed by atoms with Crippen molar-refractivity contribution >= 4 is 28.9 Å². The molecule has 1 aromatic carbocycles. The third-order valence-corrected chi connectivity index (χ3v) is 3.63. The van der Waals surface area contributed by atoms with E-state index in [4.69, 9.17) is 0 Å². The fourth-order valence-corrected chi connectivity index (χ4v) is 2.32. The van der Waals surface area contributed by atoms with Crippen molar-refractivity contribution in [2.75, 3.05) is 5.32 Å². The molecule has 20 heavy (non-hydrogen) atoms. The maximum absolute atomic E-state index is 12.7. The van der Waals surface area contributed by atoms with Crippen molar-refractivity contribution in [3.8, 4) is 0 Å². The van der Waals surface area contributed by atoms with Crippen LogP contribution in [0.25, 0.3) is 0 Å². The summed E-state index contributed by atoms with van der Waals surface area (Å²) in [6, 6.07) is 5.35. The summed E-state index contributed by atoms with van der Waals surface area (Å²) in [6.45, 7) is 1.61. The van der Waals surface area contributed by atoms with E-state index in [1.165, 1.54) is 29.6 Å². The molecule has 0 saturated carbocycles. The van der Waals surface area contributed by atoms with Gasteiger partial charge in [-0.05, 0) is 31.2 Å². The van der Waals surface area contributed by atoms with Crippen LogP contribution in [0.2, 0.25) is 0 Å². The predicted molar refractivity (Wildman–Crippen MR) is 69.9 cm³/mol. The van der Waals surface area contributed by atoms with E-state index in [9.17, 15) is 19.1 Å². The molecule has 2 aromatic rings. The lowest BCUT2D eigenvalue weighted by Gasteiger charge is -2.09. The number of carboxylic acid groups (broad SMARTS) is 1. The van der Waals surface area contributed by atoms with E-state index in [0.717, 1.165) is 11.3 Å². The summed E-state index contributed by atoms with van der Waals surface area (Å²) < 4.78 is 12.7. The van der Waals surface area contributed by atoms with Crippen LogP contribution in [-0.4, -0.2) is 16.9 Å². The number of hydrogen-bond donors (Lipinski definition) is 1. The number of amides is 1. The number of thiazole rings is 1. The summed E-state index contributed by atoms with van der Waals surface area (Å²) >= 11 is 1.07. The zero-order valence-corrected chi connectivity index (χ0v) is 11.2. The van der Waals surface area contributed by atoms with Gasteiger partial charge in [-0.1, -0.05) is 0 Å². The second kappa shape index (κ2) is 5.79. The molecular weight excluding hydrogens is 283 g/mol. The zero-order chi connectivity index (χ0) is 14.7. The minimum Gasteiger partial charge on any atom is -0.543 e. The summed E-state index contributed by atoms with van der Waals surface area (Å²) in [4.78, 5) is 26.4. The Morgan fingerprint density at radius 1 is 1.35 bits per heavy atom. The van der Waals surface area contributed by atoms with Crippen molar-refractivity contribution < 1.29 is 19.1 Å². The molecule has 0 aliphatic heterocycles. The number of nitrogens with zero attached hydrogens (tertiary/aromatic N) is 1. The van der Waals surface area contributed by atoms with E-state index < -0.39 is 17.7 Å². The average Bonchev–Trinajstić information content (AvgIpc) is 2.90. The summed E-state index contributed by atoms with van der Waals surface area (Å²) in [5, 5.41) is 14.9. The molecule has 1 heterocycles. The number of carbonyl (C=O) groups is 2. The molecule has 0 bridgehead atoms. The van der Waals surface area contributed by atoms with Crippen LogP contribution in [-0.2, 0) is 4.79 Å². The number of aromatic nitrogens is 1. The highest BCUT2D eigenvalue weighted by atomic mass is 32.1. The van der Waals surface area contributed by atoms with Gasteiger partial charge in [0.2, 0.25) is 5.91 Å². The van der Waals surface area contributed by atoms with E-state index in [1.54, 1.807) is 6.92 Å². The van der Waals surface area contributed by atoms with E-state index in [-0.39, 0.29) is 11.6 Å². The van der Waals surface area contributed by atoms with E-state index in [0.29, 0.717) is 10.7 Å². The molecule has 5 nitrogen and oxygen atoms in total. The lowest BCUT2D eigenvalue weighted by molar-refractivity contribution is -0.255. The van der Waals surface area contributed by atoms with Crippen LogP contribution in [0.1, 0.15) is 28.3 Å². The van der Waals surface area contributed by atoms with Crippen LogP contribution >= 0.6 is 11.3 Å². The van der Waals surface area contributed by atoms with Crippen molar-refractivity contribution in [1.82, 2.24) is 4.98 Å². The van der Waals surface area contributed by atoms with Gasteiger partial charge in [-0.3, -0.25) is 4.79 Å².